The first kappa shape index (κ1) is 17.5. The van der Waals surface area contributed by atoms with Crippen LogP contribution in [0.2, 0.25) is 0 Å². The van der Waals surface area contributed by atoms with E-state index in [0.717, 1.165) is 25.8 Å². The average Bonchev–Trinajstić information content (AvgIpc) is 2.97. The Morgan fingerprint density at radius 1 is 1.11 bits per heavy atom. The molecule has 27 heavy (non-hydrogen) atoms. The molecule has 2 aromatic rings. The molecule has 140 valence electrons. The Morgan fingerprint density at radius 2 is 1.96 bits per heavy atom. The van der Waals surface area contributed by atoms with Crippen molar-refractivity contribution < 1.29 is 14.3 Å². The number of anilines is 1. The van der Waals surface area contributed by atoms with Crippen LogP contribution in [-0.4, -0.2) is 47.9 Å². The van der Waals surface area contributed by atoms with Gasteiger partial charge in [-0.25, -0.2) is 4.98 Å². The van der Waals surface area contributed by atoms with Crippen LogP contribution in [0.25, 0.3) is 0 Å². The van der Waals surface area contributed by atoms with Gasteiger partial charge in [-0.1, -0.05) is 30.3 Å². The number of fused-ring (bicyclic) bond motifs is 1. The number of rotatable bonds is 3. The highest BCUT2D eigenvalue weighted by atomic mass is 16.5. The van der Waals surface area contributed by atoms with Crippen LogP contribution in [-0.2, 0) is 9.59 Å². The van der Waals surface area contributed by atoms with E-state index in [0.29, 0.717) is 24.0 Å². The number of likely N-dealkylation sites (tertiary alicyclic amines) is 1. The zero-order valence-corrected chi connectivity index (χ0v) is 15.2. The van der Waals surface area contributed by atoms with Crippen LogP contribution >= 0.6 is 0 Å². The number of hydrogen-bond acceptors (Lipinski definition) is 4. The SMILES string of the molecule is O=C(CN1C(=O)COc2cccnc21)N1CCCC(c2ccccc2)CC1. The van der Waals surface area contributed by atoms with Gasteiger partial charge in [0.1, 0.15) is 6.54 Å². The molecule has 6 heteroatoms. The third-order valence-corrected chi connectivity index (χ3v) is 5.30. The van der Waals surface area contributed by atoms with Crippen molar-refractivity contribution in [2.75, 3.05) is 31.1 Å². The molecule has 0 spiro atoms. The lowest BCUT2D eigenvalue weighted by molar-refractivity contribution is -0.132. The molecule has 2 aliphatic heterocycles. The maximum atomic E-state index is 12.9. The van der Waals surface area contributed by atoms with Gasteiger partial charge in [0.25, 0.3) is 5.91 Å². The first-order chi connectivity index (χ1) is 13.2. The van der Waals surface area contributed by atoms with Crippen LogP contribution in [0.3, 0.4) is 0 Å². The van der Waals surface area contributed by atoms with Gasteiger partial charge in [0.2, 0.25) is 5.91 Å². The van der Waals surface area contributed by atoms with Crippen molar-refractivity contribution in [3.63, 3.8) is 0 Å². The second-order valence-corrected chi connectivity index (χ2v) is 7.01. The molecule has 1 atom stereocenters. The predicted molar refractivity (Wildman–Crippen MR) is 102 cm³/mol. The van der Waals surface area contributed by atoms with Crippen LogP contribution in [0.1, 0.15) is 30.7 Å². The number of aromatic nitrogens is 1. The van der Waals surface area contributed by atoms with Crippen molar-refractivity contribution in [3.05, 3.63) is 54.2 Å². The minimum absolute atomic E-state index is 0.0161. The Morgan fingerprint density at radius 3 is 2.81 bits per heavy atom. The van der Waals surface area contributed by atoms with Crippen LogP contribution in [0.15, 0.2) is 48.7 Å². The van der Waals surface area contributed by atoms with Crippen LogP contribution in [0.4, 0.5) is 5.82 Å². The number of carbonyl (C=O) groups is 2. The fraction of sp³-hybridized carbons (Fsp3) is 0.381. The molecule has 3 heterocycles. The third kappa shape index (κ3) is 3.79. The fourth-order valence-corrected chi connectivity index (χ4v) is 3.84. The maximum absolute atomic E-state index is 12.9. The van der Waals surface area contributed by atoms with Crippen molar-refractivity contribution in [2.45, 2.75) is 25.2 Å². The zero-order chi connectivity index (χ0) is 18.6. The molecule has 0 aliphatic carbocycles. The lowest BCUT2D eigenvalue weighted by Crippen LogP contribution is -2.47. The Balaban J connectivity index is 1.42. The van der Waals surface area contributed by atoms with E-state index in [2.05, 4.69) is 29.2 Å². The summed E-state index contributed by atoms with van der Waals surface area (Å²) in [6.45, 7) is 1.41. The molecule has 0 N–H and O–H groups in total. The summed E-state index contributed by atoms with van der Waals surface area (Å²) in [5.74, 6) is 1.20. The second-order valence-electron chi connectivity index (χ2n) is 7.01. The predicted octanol–water partition coefficient (Wildman–Crippen LogP) is 2.60. The molecule has 1 aromatic carbocycles. The highest BCUT2D eigenvalue weighted by Gasteiger charge is 2.30. The van der Waals surface area contributed by atoms with E-state index in [1.54, 1.807) is 18.3 Å². The van der Waals surface area contributed by atoms with Gasteiger partial charge in [-0.15, -0.1) is 0 Å². The molecule has 2 amide bonds. The summed E-state index contributed by atoms with van der Waals surface area (Å²) in [6.07, 6.45) is 4.60. The summed E-state index contributed by atoms with van der Waals surface area (Å²) in [4.78, 5) is 32.7. The number of benzene rings is 1. The fourth-order valence-electron chi connectivity index (χ4n) is 3.84. The first-order valence-corrected chi connectivity index (χ1v) is 9.43. The number of ether oxygens (including phenoxy) is 1. The molecule has 0 bridgehead atoms. The minimum atomic E-state index is -0.230. The molecule has 1 fully saturated rings. The lowest BCUT2D eigenvalue weighted by Gasteiger charge is -2.30. The van der Waals surface area contributed by atoms with E-state index in [9.17, 15) is 9.59 Å². The van der Waals surface area contributed by atoms with Gasteiger partial charge in [0.05, 0.1) is 0 Å². The van der Waals surface area contributed by atoms with E-state index in [1.807, 2.05) is 11.0 Å². The molecule has 1 aromatic heterocycles. The normalized spacial score (nSPS) is 19.9. The second kappa shape index (κ2) is 7.78. The van der Waals surface area contributed by atoms with E-state index in [-0.39, 0.29) is 25.0 Å². The minimum Gasteiger partial charge on any atom is -0.480 e. The molecule has 0 radical (unpaired) electrons. The van der Waals surface area contributed by atoms with Crippen molar-refractivity contribution in [1.82, 2.24) is 9.88 Å². The van der Waals surface area contributed by atoms with Crippen LogP contribution in [0.5, 0.6) is 5.75 Å². The van der Waals surface area contributed by atoms with Crippen LogP contribution in [0, 0.1) is 0 Å². The standard InChI is InChI=1S/C21H23N3O3/c25-19(14-24-20(26)15-27-18-9-4-11-22-21(18)24)23-12-5-8-17(10-13-23)16-6-2-1-3-7-16/h1-4,6-7,9,11,17H,5,8,10,12-15H2. The smallest absolute Gasteiger partial charge is 0.266 e. The molecule has 1 saturated heterocycles. The molecular formula is C21H23N3O3. The molecule has 0 saturated carbocycles. The Bertz CT molecular complexity index is 824. The van der Waals surface area contributed by atoms with Crippen molar-refractivity contribution in [2.24, 2.45) is 0 Å². The third-order valence-electron chi connectivity index (χ3n) is 5.30. The molecular weight excluding hydrogens is 342 g/mol. The first-order valence-electron chi connectivity index (χ1n) is 9.43. The summed E-state index contributed by atoms with van der Waals surface area (Å²) >= 11 is 0. The summed E-state index contributed by atoms with van der Waals surface area (Å²) in [5, 5.41) is 0. The largest absolute Gasteiger partial charge is 0.480 e. The number of carbonyl (C=O) groups excluding carboxylic acids is 2. The van der Waals surface area contributed by atoms with Crippen molar-refractivity contribution in [1.29, 1.82) is 0 Å². The Hall–Kier alpha value is -2.89. The lowest BCUT2D eigenvalue weighted by atomic mass is 9.92. The summed E-state index contributed by atoms with van der Waals surface area (Å²) in [5.41, 5.74) is 1.34. The van der Waals surface area contributed by atoms with E-state index in [1.165, 1.54) is 10.5 Å². The number of amides is 2. The number of nitrogens with zero attached hydrogens (tertiary/aromatic N) is 3. The van der Waals surface area contributed by atoms with Gasteiger partial charge >= 0.3 is 0 Å². The molecule has 4 rings (SSSR count). The van der Waals surface area contributed by atoms with Gasteiger partial charge in [-0.3, -0.25) is 14.5 Å². The van der Waals surface area contributed by atoms with Gasteiger partial charge in [-0.05, 0) is 42.9 Å². The number of hydrogen-bond donors (Lipinski definition) is 0. The Kier molecular flexibility index (Phi) is 5.05. The highest BCUT2D eigenvalue weighted by Crippen LogP contribution is 2.30. The van der Waals surface area contributed by atoms with Gasteiger partial charge in [0.15, 0.2) is 18.2 Å². The Labute approximate surface area is 158 Å². The van der Waals surface area contributed by atoms with E-state index in [4.69, 9.17) is 4.74 Å². The van der Waals surface area contributed by atoms with Gasteiger partial charge in [0, 0.05) is 19.3 Å². The topological polar surface area (TPSA) is 62.7 Å². The van der Waals surface area contributed by atoms with Gasteiger partial charge in [-0.2, -0.15) is 0 Å². The van der Waals surface area contributed by atoms with Crippen molar-refractivity contribution >= 4 is 17.6 Å². The van der Waals surface area contributed by atoms with E-state index < -0.39 is 0 Å². The molecule has 6 nitrogen and oxygen atoms in total. The average molecular weight is 365 g/mol. The number of pyridine rings is 1. The maximum Gasteiger partial charge on any atom is 0.266 e. The zero-order valence-electron chi connectivity index (χ0n) is 15.2. The molecule has 2 aliphatic rings. The summed E-state index contributed by atoms with van der Waals surface area (Å²) in [6, 6.07) is 14.0. The van der Waals surface area contributed by atoms with E-state index >= 15 is 0 Å². The monoisotopic (exact) mass is 365 g/mol. The quantitative estimate of drug-likeness (QED) is 0.839. The highest BCUT2D eigenvalue weighted by molar-refractivity contribution is 6.01. The molecule has 1 unspecified atom stereocenters. The van der Waals surface area contributed by atoms with Crippen molar-refractivity contribution in [3.8, 4) is 5.75 Å². The van der Waals surface area contributed by atoms with Crippen LogP contribution < -0.4 is 9.64 Å². The summed E-state index contributed by atoms with van der Waals surface area (Å²) < 4.78 is 5.40. The summed E-state index contributed by atoms with van der Waals surface area (Å²) in [7, 11) is 0. The van der Waals surface area contributed by atoms with Gasteiger partial charge < -0.3 is 9.64 Å².